The summed E-state index contributed by atoms with van der Waals surface area (Å²) in [5, 5.41) is 9.65. The van der Waals surface area contributed by atoms with Crippen LogP contribution in [0.3, 0.4) is 0 Å². The molecule has 0 heterocycles. The minimum Gasteiger partial charge on any atom is -0.147 e. The van der Waals surface area contributed by atoms with Crippen LogP contribution in [0.15, 0.2) is 24.3 Å². The number of hydrogen-bond donors (Lipinski definition) is 1. The van der Waals surface area contributed by atoms with E-state index in [-0.39, 0.29) is 17.8 Å². The molecule has 1 aromatic rings. The monoisotopic (exact) mass is 338 g/mol. The predicted molar refractivity (Wildman–Crippen MR) is 58.9 cm³/mol. The average Bonchev–Trinajstić information content (AvgIpc) is 2.02. The van der Waals surface area contributed by atoms with E-state index in [1.807, 2.05) is 18.2 Å². The van der Waals surface area contributed by atoms with Crippen LogP contribution in [0.2, 0.25) is 0 Å². The summed E-state index contributed by atoms with van der Waals surface area (Å²) in [7, 11) is 0. The first-order valence-corrected chi connectivity index (χ1v) is 5.87. The SMILES string of the molecule is CC(C)(C)[C](=[Ce])c1ccccc1O.Cl. The summed E-state index contributed by atoms with van der Waals surface area (Å²) in [4.78, 5) is 0. The molecule has 0 aliphatic carbocycles. The van der Waals surface area contributed by atoms with Gasteiger partial charge in [0.2, 0.25) is 0 Å². The van der Waals surface area contributed by atoms with E-state index in [0.717, 1.165) is 44.7 Å². The molecule has 0 spiro atoms. The molecule has 0 fully saturated rings. The summed E-state index contributed by atoms with van der Waals surface area (Å²) in [6.45, 7) is 6.55. The number of aromatic hydroxyl groups is 1. The van der Waals surface area contributed by atoms with Gasteiger partial charge in [-0.25, -0.2) is 0 Å². The van der Waals surface area contributed by atoms with Crippen LogP contribution in [-0.4, -0.2) is 6.10 Å². The molecule has 0 amide bonds. The second kappa shape index (κ2) is 5.59. The topological polar surface area (TPSA) is 20.2 Å². The Kier molecular flexibility index (Phi) is 5.81. The Balaban J connectivity index is 0.00000169. The number of benzene rings is 1. The standard InChI is InChI=1S/C11H14O.Ce.ClH/c1-11(2,3)8-9-6-4-5-7-10(9)12;;/h4-7,12H,1-3H3;;1H. The van der Waals surface area contributed by atoms with Crippen LogP contribution in [0.25, 0.3) is 0 Å². The third-order valence-electron chi connectivity index (χ3n) is 1.92. The Hall–Kier alpha value is 0.557. The van der Waals surface area contributed by atoms with Crippen molar-refractivity contribution in [1.82, 2.24) is 0 Å². The van der Waals surface area contributed by atoms with Crippen molar-refractivity contribution in [2.24, 2.45) is 5.41 Å². The first-order valence-electron chi connectivity index (χ1n) is 4.30. The molecular formula is C11H15CeClO. The van der Waals surface area contributed by atoms with Gasteiger partial charge in [-0.15, -0.1) is 12.4 Å². The molecule has 3 heteroatoms. The molecule has 0 unspecified atom stereocenters. The van der Waals surface area contributed by atoms with E-state index in [4.69, 9.17) is 0 Å². The van der Waals surface area contributed by atoms with Gasteiger partial charge >= 0.3 is 107 Å². The largest absolute Gasteiger partial charge is 0.147 e. The normalized spacial score (nSPS) is 10.4. The molecule has 0 aromatic heterocycles. The predicted octanol–water partition coefficient (Wildman–Crippen LogP) is 2.93. The zero-order chi connectivity index (χ0) is 10.1. The molecule has 1 nitrogen and oxygen atoms in total. The van der Waals surface area contributed by atoms with E-state index < -0.39 is 0 Å². The molecule has 14 heavy (non-hydrogen) atoms. The maximum atomic E-state index is 9.65. The molecule has 0 saturated carbocycles. The molecule has 0 bridgehead atoms. The molecule has 1 rings (SSSR count). The Labute approximate surface area is 118 Å². The fraction of sp³-hybridized carbons (Fsp3) is 0.364. The summed E-state index contributed by atoms with van der Waals surface area (Å²) < 4.78 is 1.35. The summed E-state index contributed by atoms with van der Waals surface area (Å²) in [6.07, 6.45) is 0. The number of hydrogen-bond acceptors (Lipinski definition) is 1. The van der Waals surface area contributed by atoms with Crippen LogP contribution in [0.4, 0.5) is 0 Å². The summed E-state index contributed by atoms with van der Waals surface area (Å²) in [5.74, 6) is 0.405. The van der Waals surface area contributed by atoms with Crippen LogP contribution in [0.1, 0.15) is 26.3 Å². The molecule has 0 saturated heterocycles. The van der Waals surface area contributed by atoms with E-state index in [9.17, 15) is 5.11 Å². The fourth-order valence-electron chi connectivity index (χ4n) is 1.09. The average molecular weight is 339 g/mol. The van der Waals surface area contributed by atoms with E-state index in [0.29, 0.717) is 5.75 Å². The third-order valence-corrected chi connectivity index (χ3v) is 5.12. The molecule has 0 aliphatic heterocycles. The number of para-hydroxylation sites is 1. The van der Waals surface area contributed by atoms with Crippen molar-refractivity contribution < 1.29 is 44.2 Å². The van der Waals surface area contributed by atoms with Gasteiger partial charge in [-0.3, -0.25) is 0 Å². The molecule has 76 valence electrons. The summed E-state index contributed by atoms with van der Waals surface area (Å²) in [6, 6.07) is 7.57. The van der Waals surface area contributed by atoms with Crippen molar-refractivity contribution in [2.75, 3.05) is 0 Å². The van der Waals surface area contributed by atoms with E-state index in [1.54, 1.807) is 6.07 Å². The molecule has 0 radical (unpaired) electrons. The minimum absolute atomic E-state index is 0. The van der Waals surface area contributed by atoms with Gasteiger partial charge < -0.3 is 0 Å². The molecule has 1 aromatic carbocycles. The van der Waals surface area contributed by atoms with E-state index in [2.05, 4.69) is 20.8 Å². The van der Waals surface area contributed by atoms with Gasteiger partial charge in [-0.1, -0.05) is 0 Å². The summed E-state index contributed by atoms with van der Waals surface area (Å²) in [5.41, 5.74) is 1.19. The maximum absolute atomic E-state index is 9.65. The number of phenols is 1. The Morgan fingerprint density at radius 2 is 1.71 bits per heavy atom. The Morgan fingerprint density at radius 3 is 2.14 bits per heavy atom. The number of phenolic OH excluding ortho intramolecular Hbond substituents is 1. The molecule has 0 aliphatic rings. The van der Waals surface area contributed by atoms with Gasteiger partial charge in [0.05, 0.1) is 0 Å². The van der Waals surface area contributed by atoms with Crippen LogP contribution >= 0.6 is 12.4 Å². The van der Waals surface area contributed by atoms with Gasteiger partial charge in [-0.2, -0.15) is 0 Å². The van der Waals surface area contributed by atoms with Crippen LogP contribution in [0, 0.1) is 44.5 Å². The van der Waals surface area contributed by atoms with E-state index >= 15 is 0 Å². The van der Waals surface area contributed by atoms with Gasteiger partial charge in [0.1, 0.15) is 0 Å². The van der Waals surface area contributed by atoms with Crippen molar-refractivity contribution in [3.63, 3.8) is 0 Å². The quantitative estimate of drug-likeness (QED) is 0.834. The van der Waals surface area contributed by atoms with Crippen molar-refractivity contribution in [1.29, 1.82) is 0 Å². The zero-order valence-corrected chi connectivity index (χ0v) is 12.6. The molecule has 0 atom stereocenters. The number of halogens is 1. The van der Waals surface area contributed by atoms with Crippen molar-refractivity contribution in [2.45, 2.75) is 20.8 Å². The number of rotatable bonds is 1. The zero-order valence-electron chi connectivity index (χ0n) is 8.66. The molecular weight excluding hydrogens is 324 g/mol. The Morgan fingerprint density at radius 1 is 1.21 bits per heavy atom. The van der Waals surface area contributed by atoms with Crippen LogP contribution in [0.5, 0.6) is 5.75 Å². The van der Waals surface area contributed by atoms with Crippen LogP contribution < -0.4 is 0 Å². The molecule has 1 N–H and O–H groups in total. The van der Waals surface area contributed by atoms with Gasteiger partial charge in [0.25, 0.3) is 0 Å². The van der Waals surface area contributed by atoms with Crippen LogP contribution in [-0.2, 0) is 0 Å². The van der Waals surface area contributed by atoms with Gasteiger partial charge in [-0.05, 0) is 0 Å². The second-order valence-electron chi connectivity index (χ2n) is 4.14. The van der Waals surface area contributed by atoms with E-state index in [1.165, 1.54) is 0.998 Å². The third kappa shape index (κ3) is 3.61. The Bertz CT molecular complexity index is 328. The second-order valence-corrected chi connectivity index (χ2v) is 5.71. The smallest absolute Gasteiger partial charge is 0.147 e. The maximum Gasteiger partial charge on any atom is -0.147 e. The fourth-order valence-corrected chi connectivity index (χ4v) is 1.75. The van der Waals surface area contributed by atoms with Gasteiger partial charge in [0.15, 0.2) is 0 Å². The summed E-state index contributed by atoms with van der Waals surface area (Å²) >= 11 is 0.991. The van der Waals surface area contributed by atoms with Crippen molar-refractivity contribution in [3.05, 3.63) is 29.8 Å². The minimum atomic E-state index is 0. The van der Waals surface area contributed by atoms with Gasteiger partial charge in [0, 0.05) is 0 Å². The first-order chi connectivity index (χ1) is 5.93. The van der Waals surface area contributed by atoms with Crippen molar-refractivity contribution >= 4 is 13.4 Å². The van der Waals surface area contributed by atoms with Crippen molar-refractivity contribution in [3.8, 4) is 5.75 Å². The first kappa shape index (κ1) is 14.6.